The van der Waals surface area contributed by atoms with E-state index >= 15 is 0 Å². The molecule has 0 unspecified atom stereocenters. The number of ether oxygens (including phenoxy) is 2. The Morgan fingerprint density at radius 2 is 1.00 bits per heavy atom. The van der Waals surface area contributed by atoms with E-state index in [0.29, 0.717) is 0 Å². The summed E-state index contributed by atoms with van der Waals surface area (Å²) in [6, 6.07) is 25.1. The molecule has 2 aliphatic heterocycles. The molecule has 0 radical (unpaired) electrons. The molecule has 4 aromatic carbocycles. The number of hydrogen-bond donors (Lipinski definition) is 0. The van der Waals surface area contributed by atoms with Crippen molar-refractivity contribution in [1.82, 2.24) is 0 Å². The van der Waals surface area contributed by atoms with Gasteiger partial charge in [-0.25, -0.2) is 0 Å². The lowest BCUT2D eigenvalue weighted by molar-refractivity contribution is -0.0511. The zero-order valence-electron chi connectivity index (χ0n) is 16.4. The van der Waals surface area contributed by atoms with E-state index in [9.17, 15) is 0 Å². The molecule has 2 heteroatoms. The van der Waals surface area contributed by atoms with Crippen molar-refractivity contribution < 1.29 is 9.47 Å². The van der Waals surface area contributed by atoms with Crippen molar-refractivity contribution in [3.8, 4) is 11.5 Å². The van der Waals surface area contributed by atoms with E-state index in [4.69, 9.17) is 9.47 Å². The van der Waals surface area contributed by atoms with Gasteiger partial charge in [-0.1, -0.05) is 60.7 Å². The van der Waals surface area contributed by atoms with Crippen molar-refractivity contribution in [2.75, 3.05) is 0 Å². The maximum Gasteiger partial charge on any atom is 0.297 e. The second-order valence-corrected chi connectivity index (χ2v) is 7.87. The van der Waals surface area contributed by atoms with Crippen molar-refractivity contribution in [3.63, 3.8) is 0 Å². The lowest BCUT2D eigenvalue weighted by atomic mass is 9.88. The molecule has 0 atom stereocenters. The van der Waals surface area contributed by atoms with E-state index < -0.39 is 5.79 Å². The van der Waals surface area contributed by atoms with Crippen LogP contribution in [0.5, 0.6) is 11.5 Å². The zero-order chi connectivity index (χ0) is 19.6. The van der Waals surface area contributed by atoms with Crippen LogP contribution in [0.25, 0.3) is 33.7 Å². The molecule has 1 spiro atoms. The van der Waals surface area contributed by atoms with Crippen LogP contribution in [0.1, 0.15) is 25.0 Å². The van der Waals surface area contributed by atoms with Gasteiger partial charge in [-0.15, -0.1) is 0 Å². The summed E-state index contributed by atoms with van der Waals surface area (Å²) in [6.07, 6.45) is 4.43. The minimum atomic E-state index is -0.898. The van der Waals surface area contributed by atoms with Crippen molar-refractivity contribution in [2.45, 2.75) is 19.6 Å². The van der Waals surface area contributed by atoms with Gasteiger partial charge in [0.05, 0.1) is 0 Å². The molecular formula is C27H20O2. The molecule has 0 bridgehead atoms. The first kappa shape index (κ1) is 16.4. The predicted molar refractivity (Wildman–Crippen MR) is 119 cm³/mol. The van der Waals surface area contributed by atoms with Crippen LogP contribution in [0.4, 0.5) is 0 Å². The van der Waals surface area contributed by atoms with Gasteiger partial charge in [0.15, 0.2) is 0 Å². The Labute approximate surface area is 169 Å². The molecule has 6 rings (SSSR count). The molecule has 140 valence electrons. The van der Waals surface area contributed by atoms with Crippen molar-refractivity contribution in [1.29, 1.82) is 0 Å². The fraction of sp³-hybridized carbons (Fsp3) is 0.111. The Morgan fingerprint density at radius 3 is 1.48 bits per heavy atom. The normalized spacial score (nSPS) is 16.5. The number of benzene rings is 4. The van der Waals surface area contributed by atoms with Gasteiger partial charge in [-0.3, -0.25) is 0 Å². The van der Waals surface area contributed by atoms with Gasteiger partial charge in [0.25, 0.3) is 5.79 Å². The van der Waals surface area contributed by atoms with E-state index in [1.165, 1.54) is 21.5 Å². The predicted octanol–water partition coefficient (Wildman–Crippen LogP) is 6.98. The third-order valence-electron chi connectivity index (χ3n) is 6.13. The minimum Gasteiger partial charge on any atom is -0.444 e. The van der Waals surface area contributed by atoms with E-state index in [2.05, 4.69) is 98.8 Å². The summed E-state index contributed by atoms with van der Waals surface area (Å²) in [5.74, 6) is 0.808. The fourth-order valence-electron chi connectivity index (χ4n) is 4.61. The van der Waals surface area contributed by atoms with Crippen LogP contribution in [-0.4, -0.2) is 5.79 Å². The Morgan fingerprint density at radius 1 is 0.552 bits per heavy atom. The Kier molecular flexibility index (Phi) is 3.25. The molecule has 2 heterocycles. The summed E-state index contributed by atoms with van der Waals surface area (Å²) in [4.78, 5) is 0. The molecule has 0 fully saturated rings. The fourth-order valence-corrected chi connectivity index (χ4v) is 4.61. The third kappa shape index (κ3) is 2.23. The summed E-state index contributed by atoms with van der Waals surface area (Å²) in [5, 5.41) is 4.82. The summed E-state index contributed by atoms with van der Waals surface area (Å²) in [5.41, 5.74) is 4.33. The first-order valence-electron chi connectivity index (χ1n) is 9.95. The molecule has 4 aromatic rings. The van der Waals surface area contributed by atoms with Gasteiger partial charge in [0, 0.05) is 22.3 Å². The van der Waals surface area contributed by atoms with Crippen LogP contribution in [0.3, 0.4) is 0 Å². The molecule has 0 amide bonds. The molecule has 29 heavy (non-hydrogen) atoms. The number of rotatable bonds is 0. The lowest BCUT2D eigenvalue weighted by Gasteiger charge is -2.42. The average molecular weight is 376 g/mol. The highest BCUT2D eigenvalue weighted by molar-refractivity contribution is 5.96. The van der Waals surface area contributed by atoms with E-state index in [0.717, 1.165) is 33.8 Å². The maximum atomic E-state index is 6.60. The maximum absolute atomic E-state index is 6.60. The van der Waals surface area contributed by atoms with Gasteiger partial charge in [0.2, 0.25) is 0 Å². The third-order valence-corrected chi connectivity index (χ3v) is 6.13. The van der Waals surface area contributed by atoms with Gasteiger partial charge in [-0.2, -0.15) is 0 Å². The van der Waals surface area contributed by atoms with Crippen molar-refractivity contribution in [3.05, 3.63) is 95.1 Å². The van der Waals surface area contributed by atoms with E-state index in [-0.39, 0.29) is 0 Å². The summed E-state index contributed by atoms with van der Waals surface area (Å²) < 4.78 is 13.2. The molecule has 0 saturated heterocycles. The highest BCUT2D eigenvalue weighted by atomic mass is 16.7. The zero-order valence-corrected chi connectivity index (χ0v) is 16.4. The molecule has 2 nitrogen and oxygen atoms in total. The van der Waals surface area contributed by atoms with Crippen LogP contribution in [0.2, 0.25) is 0 Å². The van der Waals surface area contributed by atoms with Crippen molar-refractivity contribution >= 4 is 33.7 Å². The SMILES string of the molecule is CC1=Cc2c(ccc3ccccc23)OC12Oc1ccc3ccccc3c1C=C2C. The lowest BCUT2D eigenvalue weighted by Crippen LogP contribution is -2.47. The van der Waals surface area contributed by atoms with Crippen molar-refractivity contribution in [2.24, 2.45) is 0 Å². The smallest absolute Gasteiger partial charge is 0.297 e. The highest BCUT2D eigenvalue weighted by Crippen LogP contribution is 2.47. The molecule has 0 saturated carbocycles. The van der Waals surface area contributed by atoms with E-state index in [1.54, 1.807) is 0 Å². The van der Waals surface area contributed by atoms with Crippen LogP contribution in [0, 0.1) is 0 Å². The summed E-state index contributed by atoms with van der Waals surface area (Å²) in [6.45, 7) is 4.18. The minimum absolute atomic E-state index is 0.853. The largest absolute Gasteiger partial charge is 0.444 e. The Hall–Kier alpha value is -3.52. The molecule has 0 aliphatic carbocycles. The molecule has 2 aliphatic rings. The monoisotopic (exact) mass is 376 g/mol. The average Bonchev–Trinajstić information content (AvgIpc) is 2.75. The van der Waals surface area contributed by atoms with Crippen LogP contribution >= 0.6 is 0 Å². The number of hydrogen-bond acceptors (Lipinski definition) is 2. The first-order chi connectivity index (χ1) is 14.2. The standard InChI is InChI=1S/C27H20O2/c1-17-15-23-21-9-5-3-7-19(21)11-13-25(23)28-27(17)18(2)16-24-22-10-6-4-8-20(22)12-14-26(24)29-27/h3-16H,1-2H3. The topological polar surface area (TPSA) is 18.5 Å². The van der Waals surface area contributed by atoms with Crippen LogP contribution in [0.15, 0.2) is 83.9 Å². The van der Waals surface area contributed by atoms with Gasteiger partial charge < -0.3 is 9.47 Å². The molecule has 0 aromatic heterocycles. The van der Waals surface area contributed by atoms with Gasteiger partial charge >= 0.3 is 0 Å². The highest BCUT2D eigenvalue weighted by Gasteiger charge is 2.45. The Balaban J connectivity index is 1.54. The van der Waals surface area contributed by atoms with Crippen LogP contribution in [-0.2, 0) is 0 Å². The summed E-state index contributed by atoms with van der Waals surface area (Å²) >= 11 is 0. The number of fused-ring (bicyclic) bond motifs is 6. The summed E-state index contributed by atoms with van der Waals surface area (Å²) in [7, 11) is 0. The van der Waals surface area contributed by atoms with E-state index in [1.807, 2.05) is 0 Å². The second-order valence-electron chi connectivity index (χ2n) is 7.87. The van der Waals surface area contributed by atoms with Gasteiger partial charge in [-0.05, 0) is 59.7 Å². The van der Waals surface area contributed by atoms with Crippen LogP contribution < -0.4 is 9.47 Å². The second kappa shape index (κ2) is 5.74. The molecule has 0 N–H and O–H groups in total. The molecular weight excluding hydrogens is 356 g/mol. The first-order valence-corrected chi connectivity index (χ1v) is 9.95. The Bertz CT molecular complexity index is 1270. The quantitative estimate of drug-likeness (QED) is 0.329. The van der Waals surface area contributed by atoms with Gasteiger partial charge in [0.1, 0.15) is 11.5 Å².